The Balaban J connectivity index is 2.04. The number of hydrogen-bond donors (Lipinski definition) is 3. The molecular weight excluding hydrogens is 482 g/mol. The summed E-state index contributed by atoms with van der Waals surface area (Å²) in [6.45, 7) is 13.0. The minimum absolute atomic E-state index is 0.107. The number of nitrogens with zero attached hydrogens (tertiary/aromatic N) is 1. The number of ether oxygens (including phenoxy) is 1. The molecule has 206 valence electrons. The third kappa shape index (κ3) is 7.97. The van der Waals surface area contributed by atoms with Gasteiger partial charge in [0.1, 0.15) is 23.4 Å². The van der Waals surface area contributed by atoms with Gasteiger partial charge >= 0.3 is 6.09 Å². The Morgan fingerprint density at radius 3 is 2.24 bits per heavy atom. The first kappa shape index (κ1) is 29.0. The second-order valence-corrected chi connectivity index (χ2v) is 11.6. The maximum absolute atomic E-state index is 14.4. The van der Waals surface area contributed by atoms with Gasteiger partial charge in [0.05, 0.1) is 0 Å². The van der Waals surface area contributed by atoms with E-state index in [1.54, 1.807) is 37.8 Å². The fraction of sp³-hybridized carbons (Fsp3) is 0.500. The highest BCUT2D eigenvalue weighted by Crippen LogP contribution is 2.41. The van der Waals surface area contributed by atoms with Crippen LogP contribution in [0.25, 0.3) is 0 Å². The van der Waals surface area contributed by atoms with E-state index in [1.807, 2.05) is 45.0 Å². The molecule has 0 radical (unpaired) electrons. The Morgan fingerprint density at radius 1 is 1.08 bits per heavy atom. The van der Waals surface area contributed by atoms with Crippen LogP contribution < -0.4 is 10.6 Å². The number of alkyl carbamates (subject to hydrolysis) is 1. The van der Waals surface area contributed by atoms with Gasteiger partial charge < -0.3 is 25.4 Å². The lowest BCUT2D eigenvalue weighted by molar-refractivity contribution is -0.143. The van der Waals surface area contributed by atoms with Gasteiger partial charge in [0, 0.05) is 18.5 Å². The summed E-state index contributed by atoms with van der Waals surface area (Å²) < 4.78 is 5.47. The summed E-state index contributed by atoms with van der Waals surface area (Å²) in [5.74, 6) is -0.300. The normalized spacial score (nSPS) is 18.3. The van der Waals surface area contributed by atoms with Gasteiger partial charge in [0.2, 0.25) is 11.8 Å². The molecule has 1 aliphatic rings. The SMILES string of the molecule is Cc1cccc(C(C(=O)NC(C)C)N(C(=O)C(Cc2ccc(O)cc2)NC(=O)OC(C)(C)C)C2CC2C)c1. The number of nitrogens with one attached hydrogen (secondary N) is 2. The number of aryl methyl sites for hydroxylation is 1. The molecule has 0 aliphatic heterocycles. The van der Waals surface area contributed by atoms with E-state index in [0.29, 0.717) is 0 Å². The van der Waals surface area contributed by atoms with Crippen molar-refractivity contribution >= 4 is 17.9 Å². The van der Waals surface area contributed by atoms with E-state index < -0.39 is 23.8 Å². The van der Waals surface area contributed by atoms with Gasteiger partial charge in [-0.3, -0.25) is 9.59 Å². The molecule has 0 heterocycles. The molecule has 8 nitrogen and oxygen atoms in total. The van der Waals surface area contributed by atoms with Crippen molar-refractivity contribution in [3.8, 4) is 5.75 Å². The van der Waals surface area contributed by atoms with Gasteiger partial charge in [0.25, 0.3) is 0 Å². The van der Waals surface area contributed by atoms with Crippen molar-refractivity contribution in [1.82, 2.24) is 15.5 Å². The standard InChI is InChI=1S/C30H41N3O5/c1-18(2)31-27(35)26(22-10-8-9-19(3)15-22)33(25-16-20(25)4)28(36)24(32-29(37)38-30(5,6)7)17-21-11-13-23(34)14-12-21/h8-15,18,20,24-26,34H,16-17H2,1-7H3,(H,31,35)(H,32,37). The minimum Gasteiger partial charge on any atom is -0.508 e. The monoisotopic (exact) mass is 523 g/mol. The Bertz CT molecular complexity index is 1140. The summed E-state index contributed by atoms with van der Waals surface area (Å²) in [4.78, 5) is 42.5. The number of phenols is 1. The van der Waals surface area contributed by atoms with Crippen molar-refractivity contribution in [1.29, 1.82) is 0 Å². The highest BCUT2D eigenvalue weighted by molar-refractivity contribution is 5.93. The quantitative estimate of drug-likeness (QED) is 0.444. The van der Waals surface area contributed by atoms with Gasteiger partial charge in [-0.05, 0) is 77.1 Å². The second-order valence-electron chi connectivity index (χ2n) is 11.6. The van der Waals surface area contributed by atoms with E-state index >= 15 is 0 Å². The third-order valence-electron chi connectivity index (χ3n) is 6.36. The van der Waals surface area contributed by atoms with Crippen LogP contribution in [0.2, 0.25) is 0 Å². The van der Waals surface area contributed by atoms with Gasteiger partial charge in [-0.1, -0.05) is 48.9 Å². The molecule has 2 aromatic rings. The van der Waals surface area contributed by atoms with Gasteiger partial charge in [-0.25, -0.2) is 4.79 Å². The largest absolute Gasteiger partial charge is 0.508 e. The summed E-state index contributed by atoms with van der Waals surface area (Å²) in [6.07, 6.45) is 0.223. The number of carbonyl (C=O) groups is 3. The molecule has 4 unspecified atom stereocenters. The van der Waals surface area contributed by atoms with Gasteiger partial charge in [-0.2, -0.15) is 0 Å². The first-order chi connectivity index (χ1) is 17.7. The first-order valence-corrected chi connectivity index (χ1v) is 13.2. The lowest BCUT2D eigenvalue weighted by atomic mass is 9.98. The Kier molecular flexibility index (Phi) is 9.07. The average molecular weight is 524 g/mol. The third-order valence-corrected chi connectivity index (χ3v) is 6.36. The molecule has 0 bridgehead atoms. The molecule has 3 rings (SSSR count). The fourth-order valence-corrected chi connectivity index (χ4v) is 4.51. The molecule has 1 saturated carbocycles. The summed E-state index contributed by atoms with van der Waals surface area (Å²) in [7, 11) is 0. The molecule has 1 aliphatic carbocycles. The highest BCUT2D eigenvalue weighted by Gasteiger charge is 2.48. The predicted molar refractivity (Wildman–Crippen MR) is 147 cm³/mol. The predicted octanol–water partition coefficient (Wildman–Crippen LogP) is 4.64. The van der Waals surface area contributed by atoms with E-state index in [9.17, 15) is 19.5 Å². The zero-order valence-electron chi connectivity index (χ0n) is 23.4. The Labute approximate surface area is 225 Å². The number of aromatic hydroxyl groups is 1. The van der Waals surface area contributed by atoms with Crippen LogP contribution in [0.3, 0.4) is 0 Å². The first-order valence-electron chi connectivity index (χ1n) is 13.2. The van der Waals surface area contributed by atoms with E-state index in [4.69, 9.17) is 4.74 Å². The smallest absolute Gasteiger partial charge is 0.408 e. The van der Waals surface area contributed by atoms with Crippen LogP contribution in [-0.2, 0) is 20.7 Å². The van der Waals surface area contributed by atoms with E-state index in [2.05, 4.69) is 17.6 Å². The lowest BCUT2D eigenvalue weighted by Crippen LogP contribution is -2.55. The van der Waals surface area contributed by atoms with Gasteiger partial charge in [0.15, 0.2) is 0 Å². The van der Waals surface area contributed by atoms with Crippen LogP contribution >= 0.6 is 0 Å². The summed E-state index contributed by atoms with van der Waals surface area (Å²) in [5, 5.41) is 15.5. The molecule has 3 N–H and O–H groups in total. The number of benzene rings is 2. The molecule has 3 amide bonds. The maximum Gasteiger partial charge on any atom is 0.408 e. The van der Waals surface area contributed by atoms with Crippen LogP contribution in [0.1, 0.15) is 70.7 Å². The van der Waals surface area contributed by atoms with Gasteiger partial charge in [-0.15, -0.1) is 0 Å². The topological polar surface area (TPSA) is 108 Å². The van der Waals surface area contributed by atoms with E-state index in [0.717, 1.165) is 23.1 Å². The molecule has 0 saturated heterocycles. The number of carbonyl (C=O) groups excluding carboxylic acids is 3. The van der Waals surface area contributed by atoms with Crippen LogP contribution in [0.15, 0.2) is 48.5 Å². The number of amides is 3. The molecule has 2 aromatic carbocycles. The van der Waals surface area contributed by atoms with Crippen molar-refractivity contribution in [2.45, 2.75) is 91.1 Å². The Hall–Kier alpha value is -3.55. The molecule has 8 heteroatoms. The number of hydrogen-bond acceptors (Lipinski definition) is 5. The average Bonchev–Trinajstić information content (AvgIpc) is 3.51. The zero-order chi connectivity index (χ0) is 28.2. The second kappa shape index (κ2) is 11.9. The van der Waals surface area contributed by atoms with Crippen molar-refractivity contribution in [3.05, 3.63) is 65.2 Å². The fourth-order valence-electron chi connectivity index (χ4n) is 4.51. The lowest BCUT2D eigenvalue weighted by Gasteiger charge is -2.35. The van der Waals surface area contributed by atoms with Crippen molar-refractivity contribution in [2.24, 2.45) is 5.92 Å². The van der Waals surface area contributed by atoms with Crippen LogP contribution in [0.4, 0.5) is 4.79 Å². The maximum atomic E-state index is 14.4. The van der Waals surface area contributed by atoms with Crippen LogP contribution in [-0.4, -0.2) is 51.6 Å². The molecule has 0 spiro atoms. The van der Waals surface area contributed by atoms with Crippen LogP contribution in [0, 0.1) is 12.8 Å². The summed E-state index contributed by atoms with van der Waals surface area (Å²) in [5.41, 5.74) is 1.70. The minimum atomic E-state index is -0.985. The summed E-state index contributed by atoms with van der Waals surface area (Å²) in [6, 6.07) is 12.0. The summed E-state index contributed by atoms with van der Waals surface area (Å²) >= 11 is 0. The van der Waals surface area contributed by atoms with E-state index in [1.165, 1.54) is 12.1 Å². The number of phenolic OH excluding ortho intramolecular Hbond substituents is 1. The molecule has 38 heavy (non-hydrogen) atoms. The Morgan fingerprint density at radius 2 is 1.71 bits per heavy atom. The molecule has 4 atom stereocenters. The molecule has 1 fully saturated rings. The van der Waals surface area contributed by atoms with Crippen LogP contribution in [0.5, 0.6) is 5.75 Å². The van der Waals surface area contributed by atoms with Crippen molar-refractivity contribution in [2.75, 3.05) is 0 Å². The highest BCUT2D eigenvalue weighted by atomic mass is 16.6. The van der Waals surface area contributed by atoms with Crippen molar-refractivity contribution in [3.63, 3.8) is 0 Å². The van der Waals surface area contributed by atoms with E-state index in [-0.39, 0.29) is 42.0 Å². The zero-order valence-corrected chi connectivity index (χ0v) is 23.4. The molecule has 0 aromatic heterocycles. The molecular formula is C30H41N3O5. The number of rotatable bonds is 9. The van der Waals surface area contributed by atoms with Crippen molar-refractivity contribution < 1.29 is 24.2 Å².